The Morgan fingerprint density at radius 3 is 2.38 bits per heavy atom. The van der Waals surface area contributed by atoms with Crippen molar-refractivity contribution in [3.8, 4) is 0 Å². The highest BCUT2D eigenvalue weighted by molar-refractivity contribution is 7.12. The first-order chi connectivity index (χ1) is 13.9. The Bertz CT molecular complexity index is 1050. The fraction of sp³-hybridized carbons (Fsp3) is 0.0500. The summed E-state index contributed by atoms with van der Waals surface area (Å²) in [6, 6.07) is 12.7. The first-order valence-corrected chi connectivity index (χ1v) is 9.29. The zero-order valence-electron chi connectivity index (χ0n) is 14.9. The number of hydrogen-bond donors (Lipinski definition) is 3. The molecule has 148 valence electrons. The molecular formula is C20H15F2N3O3S. The zero-order valence-corrected chi connectivity index (χ0v) is 15.7. The number of carbonyl (C=O) groups excluding carboxylic acids is 3. The van der Waals surface area contributed by atoms with Crippen molar-refractivity contribution in [3.05, 3.63) is 82.1 Å². The van der Waals surface area contributed by atoms with Gasteiger partial charge in [-0.3, -0.25) is 14.4 Å². The second-order valence-electron chi connectivity index (χ2n) is 5.84. The molecule has 0 saturated carbocycles. The fourth-order valence-corrected chi connectivity index (χ4v) is 3.04. The van der Waals surface area contributed by atoms with Crippen LogP contribution in [-0.4, -0.2) is 24.3 Å². The number of halogens is 2. The van der Waals surface area contributed by atoms with E-state index in [4.69, 9.17) is 0 Å². The van der Waals surface area contributed by atoms with E-state index < -0.39 is 30.0 Å². The van der Waals surface area contributed by atoms with E-state index in [1.54, 1.807) is 35.7 Å². The molecule has 3 aromatic rings. The molecule has 0 aliphatic rings. The molecule has 3 amide bonds. The maximum absolute atomic E-state index is 13.2. The molecule has 0 aliphatic carbocycles. The highest BCUT2D eigenvalue weighted by Gasteiger charge is 2.15. The number of amides is 3. The van der Waals surface area contributed by atoms with Crippen molar-refractivity contribution >= 4 is 40.4 Å². The van der Waals surface area contributed by atoms with Crippen molar-refractivity contribution in [1.82, 2.24) is 5.32 Å². The Morgan fingerprint density at radius 2 is 1.66 bits per heavy atom. The minimum atomic E-state index is -1.10. The topological polar surface area (TPSA) is 87.3 Å². The molecule has 3 rings (SSSR count). The van der Waals surface area contributed by atoms with Gasteiger partial charge in [0, 0.05) is 11.8 Å². The van der Waals surface area contributed by atoms with Gasteiger partial charge in [0.15, 0.2) is 11.6 Å². The Balaban J connectivity index is 1.61. The van der Waals surface area contributed by atoms with Gasteiger partial charge < -0.3 is 16.0 Å². The Hall–Kier alpha value is -3.59. The van der Waals surface area contributed by atoms with E-state index in [1.165, 1.54) is 23.5 Å². The molecule has 9 heteroatoms. The summed E-state index contributed by atoms with van der Waals surface area (Å²) in [4.78, 5) is 37.1. The largest absolute Gasteiger partial charge is 0.343 e. The van der Waals surface area contributed by atoms with Gasteiger partial charge in [-0.05, 0) is 35.7 Å². The summed E-state index contributed by atoms with van der Waals surface area (Å²) in [5.74, 6) is -3.67. The van der Waals surface area contributed by atoms with Gasteiger partial charge in [0.1, 0.15) is 0 Å². The molecular weight excluding hydrogens is 400 g/mol. The smallest absolute Gasteiger partial charge is 0.265 e. The van der Waals surface area contributed by atoms with Crippen LogP contribution in [-0.2, 0) is 4.79 Å². The van der Waals surface area contributed by atoms with Crippen LogP contribution < -0.4 is 16.0 Å². The monoisotopic (exact) mass is 415 g/mol. The van der Waals surface area contributed by atoms with Crippen molar-refractivity contribution in [2.45, 2.75) is 0 Å². The third-order valence-corrected chi connectivity index (χ3v) is 4.65. The lowest BCUT2D eigenvalue weighted by molar-refractivity contribution is -0.115. The molecule has 3 N–H and O–H groups in total. The van der Waals surface area contributed by atoms with Crippen molar-refractivity contribution in [3.63, 3.8) is 0 Å². The lowest BCUT2D eigenvalue weighted by atomic mass is 10.1. The second kappa shape index (κ2) is 9.07. The Labute approximate surface area is 168 Å². The van der Waals surface area contributed by atoms with Gasteiger partial charge in [-0.1, -0.05) is 18.2 Å². The van der Waals surface area contributed by atoms with E-state index in [2.05, 4.69) is 16.0 Å². The van der Waals surface area contributed by atoms with Crippen LogP contribution in [0.5, 0.6) is 0 Å². The quantitative estimate of drug-likeness (QED) is 0.574. The highest BCUT2D eigenvalue weighted by atomic mass is 32.1. The average Bonchev–Trinajstić information content (AvgIpc) is 3.24. The van der Waals surface area contributed by atoms with E-state index in [0.29, 0.717) is 10.6 Å². The molecule has 0 fully saturated rings. The summed E-state index contributed by atoms with van der Waals surface area (Å²) in [6.45, 7) is -0.398. The molecule has 2 aromatic carbocycles. The van der Waals surface area contributed by atoms with Gasteiger partial charge in [-0.2, -0.15) is 0 Å². The molecule has 1 heterocycles. The molecule has 29 heavy (non-hydrogen) atoms. The number of rotatable bonds is 6. The second-order valence-corrected chi connectivity index (χ2v) is 6.78. The summed E-state index contributed by atoms with van der Waals surface area (Å²) in [6.07, 6.45) is 0. The molecule has 6 nitrogen and oxygen atoms in total. The normalized spacial score (nSPS) is 10.3. The first-order valence-electron chi connectivity index (χ1n) is 8.41. The summed E-state index contributed by atoms with van der Waals surface area (Å²) in [7, 11) is 0. The van der Waals surface area contributed by atoms with Crippen LogP contribution in [0.1, 0.15) is 20.0 Å². The number of carbonyl (C=O) groups is 3. The number of anilines is 2. The van der Waals surface area contributed by atoms with Gasteiger partial charge in [0.2, 0.25) is 5.91 Å². The van der Waals surface area contributed by atoms with Crippen LogP contribution in [0.3, 0.4) is 0 Å². The molecule has 1 aromatic heterocycles. The van der Waals surface area contributed by atoms with Crippen LogP contribution >= 0.6 is 11.3 Å². The van der Waals surface area contributed by atoms with Crippen molar-refractivity contribution in [1.29, 1.82) is 0 Å². The molecule has 0 spiro atoms. The number of thiophene rings is 1. The number of hydrogen-bond acceptors (Lipinski definition) is 4. The summed E-state index contributed by atoms with van der Waals surface area (Å²) < 4.78 is 26.1. The van der Waals surface area contributed by atoms with E-state index >= 15 is 0 Å². The number of benzene rings is 2. The van der Waals surface area contributed by atoms with Crippen LogP contribution in [0, 0.1) is 11.6 Å². The third-order valence-electron chi connectivity index (χ3n) is 3.78. The van der Waals surface area contributed by atoms with Gasteiger partial charge in [0.25, 0.3) is 11.8 Å². The van der Waals surface area contributed by atoms with Crippen LogP contribution in [0.25, 0.3) is 0 Å². The maximum Gasteiger partial charge on any atom is 0.265 e. The van der Waals surface area contributed by atoms with Crippen molar-refractivity contribution in [2.24, 2.45) is 0 Å². The van der Waals surface area contributed by atoms with Gasteiger partial charge in [-0.15, -0.1) is 11.3 Å². The third kappa shape index (κ3) is 5.23. The predicted molar refractivity (Wildman–Crippen MR) is 106 cm³/mol. The van der Waals surface area contributed by atoms with Crippen LogP contribution in [0.2, 0.25) is 0 Å². The molecule has 0 bridgehead atoms. The van der Waals surface area contributed by atoms with E-state index in [9.17, 15) is 23.2 Å². The van der Waals surface area contributed by atoms with E-state index in [0.717, 1.165) is 12.1 Å². The van der Waals surface area contributed by atoms with Crippen molar-refractivity contribution < 1.29 is 23.2 Å². The minimum absolute atomic E-state index is 0.0618. The van der Waals surface area contributed by atoms with Crippen molar-refractivity contribution in [2.75, 3.05) is 17.2 Å². The highest BCUT2D eigenvalue weighted by Crippen LogP contribution is 2.18. The Morgan fingerprint density at radius 1 is 0.862 bits per heavy atom. The lowest BCUT2D eigenvalue weighted by Crippen LogP contribution is -2.33. The minimum Gasteiger partial charge on any atom is -0.343 e. The predicted octanol–water partition coefficient (Wildman–Crippen LogP) is 3.65. The van der Waals surface area contributed by atoms with E-state index in [-0.39, 0.29) is 17.2 Å². The Kier molecular flexibility index (Phi) is 6.30. The SMILES string of the molecule is O=C(CNC(=O)c1ccccc1NC(=O)c1cccs1)Nc1ccc(F)c(F)c1. The van der Waals surface area contributed by atoms with Crippen LogP contribution in [0.4, 0.5) is 20.2 Å². The maximum atomic E-state index is 13.2. The average molecular weight is 415 g/mol. The van der Waals surface area contributed by atoms with E-state index in [1.807, 2.05) is 0 Å². The molecule has 0 aliphatic heterocycles. The zero-order chi connectivity index (χ0) is 20.8. The fourth-order valence-electron chi connectivity index (χ4n) is 2.42. The molecule has 0 atom stereocenters. The summed E-state index contributed by atoms with van der Waals surface area (Å²) in [5.41, 5.74) is 0.536. The van der Waals surface area contributed by atoms with Gasteiger partial charge in [0.05, 0.1) is 22.7 Å². The molecule has 0 radical (unpaired) electrons. The number of nitrogens with one attached hydrogen (secondary N) is 3. The standard InChI is InChI=1S/C20H15F2N3O3S/c21-14-8-7-12(10-15(14)22)24-18(26)11-23-19(27)13-4-1-2-5-16(13)25-20(28)17-6-3-9-29-17/h1-10H,11H2,(H,23,27)(H,24,26)(H,25,28). The van der Waals surface area contributed by atoms with Crippen LogP contribution in [0.15, 0.2) is 60.0 Å². The molecule has 0 saturated heterocycles. The summed E-state index contributed by atoms with van der Waals surface area (Å²) in [5, 5.41) is 9.21. The summed E-state index contributed by atoms with van der Waals surface area (Å²) >= 11 is 1.27. The number of para-hydroxylation sites is 1. The first kappa shape index (κ1) is 20.2. The van der Waals surface area contributed by atoms with Gasteiger partial charge >= 0.3 is 0 Å². The van der Waals surface area contributed by atoms with Gasteiger partial charge in [-0.25, -0.2) is 8.78 Å². The lowest BCUT2D eigenvalue weighted by Gasteiger charge is -2.11. The molecule has 0 unspecified atom stereocenters.